The Morgan fingerprint density at radius 3 is 3.20 bits per heavy atom. The van der Waals surface area contributed by atoms with E-state index < -0.39 is 0 Å². The van der Waals surface area contributed by atoms with E-state index in [1.165, 1.54) is 16.2 Å². The molecule has 0 saturated carbocycles. The number of nitrogens with two attached hydrogens (primary N) is 1. The van der Waals surface area contributed by atoms with Crippen molar-refractivity contribution in [2.24, 2.45) is 5.73 Å². The maximum absolute atomic E-state index is 12.2. The van der Waals surface area contributed by atoms with E-state index in [0.29, 0.717) is 16.4 Å². The molecule has 0 spiro atoms. The summed E-state index contributed by atoms with van der Waals surface area (Å²) >= 11 is 2.64. The normalized spacial score (nSPS) is 17.8. The molecule has 2 aromatic rings. The molecule has 3 N–H and O–H groups in total. The number of hydrogen-bond acceptors (Lipinski definition) is 7. The number of fused-ring (bicyclic) bond motifs is 1. The molecule has 0 aliphatic heterocycles. The summed E-state index contributed by atoms with van der Waals surface area (Å²) in [5, 5.41) is 7.44. The molecule has 1 amide bonds. The standard InChI is InChI=1S/C12H15N5OS2/c1-2-7-10(20-17-16-7)11(18)15-12-14-8-4-3-6(13)5-9(8)19-12/h6H,2-5,13H2,1H3,(H,14,15,18)/t6-/m0/s1. The molecule has 1 atom stereocenters. The molecule has 0 unspecified atom stereocenters. The first-order valence-electron chi connectivity index (χ1n) is 6.54. The fourth-order valence-corrected chi connectivity index (χ4v) is 3.96. The number of thiazole rings is 1. The minimum atomic E-state index is -0.174. The maximum atomic E-state index is 12.2. The molecule has 2 aromatic heterocycles. The van der Waals surface area contributed by atoms with Crippen molar-refractivity contribution in [3.8, 4) is 0 Å². The van der Waals surface area contributed by atoms with Crippen molar-refractivity contribution in [1.82, 2.24) is 14.6 Å². The number of nitrogens with one attached hydrogen (secondary N) is 1. The lowest BCUT2D eigenvalue weighted by Crippen LogP contribution is -2.27. The van der Waals surface area contributed by atoms with E-state index in [1.54, 1.807) is 0 Å². The third kappa shape index (κ3) is 2.58. The number of amides is 1. The van der Waals surface area contributed by atoms with Crippen molar-refractivity contribution in [2.75, 3.05) is 5.32 Å². The van der Waals surface area contributed by atoms with Crippen molar-refractivity contribution in [3.05, 3.63) is 21.1 Å². The molecule has 8 heteroatoms. The monoisotopic (exact) mass is 309 g/mol. The molecule has 3 rings (SSSR count). The van der Waals surface area contributed by atoms with Gasteiger partial charge in [-0.25, -0.2) is 4.98 Å². The largest absolute Gasteiger partial charge is 0.327 e. The lowest BCUT2D eigenvalue weighted by Gasteiger charge is -2.15. The van der Waals surface area contributed by atoms with Gasteiger partial charge in [0, 0.05) is 10.9 Å². The van der Waals surface area contributed by atoms with Gasteiger partial charge in [-0.1, -0.05) is 11.4 Å². The van der Waals surface area contributed by atoms with E-state index in [9.17, 15) is 4.79 Å². The first-order chi connectivity index (χ1) is 9.67. The zero-order valence-corrected chi connectivity index (χ0v) is 12.7. The molecule has 0 radical (unpaired) electrons. The zero-order chi connectivity index (χ0) is 14.1. The summed E-state index contributed by atoms with van der Waals surface area (Å²) in [5.41, 5.74) is 7.76. The van der Waals surface area contributed by atoms with Crippen LogP contribution in [-0.2, 0) is 19.3 Å². The number of aryl methyl sites for hydroxylation is 2. The molecule has 20 heavy (non-hydrogen) atoms. The second-order valence-electron chi connectivity index (χ2n) is 4.75. The van der Waals surface area contributed by atoms with Gasteiger partial charge in [0.15, 0.2) is 5.13 Å². The van der Waals surface area contributed by atoms with Crippen molar-refractivity contribution in [3.63, 3.8) is 0 Å². The van der Waals surface area contributed by atoms with Crippen LogP contribution in [0.3, 0.4) is 0 Å². The highest BCUT2D eigenvalue weighted by atomic mass is 32.1. The molecule has 0 fully saturated rings. The zero-order valence-electron chi connectivity index (χ0n) is 11.0. The van der Waals surface area contributed by atoms with Crippen LogP contribution in [0.2, 0.25) is 0 Å². The van der Waals surface area contributed by atoms with Crippen molar-refractivity contribution >= 4 is 33.9 Å². The average Bonchev–Trinajstić information content (AvgIpc) is 3.03. The number of carbonyl (C=O) groups is 1. The van der Waals surface area contributed by atoms with Crippen LogP contribution in [0.4, 0.5) is 5.13 Å². The Morgan fingerprint density at radius 1 is 1.55 bits per heavy atom. The second kappa shape index (κ2) is 5.55. The van der Waals surface area contributed by atoms with Crippen LogP contribution >= 0.6 is 22.9 Å². The number of rotatable bonds is 3. The van der Waals surface area contributed by atoms with Crippen molar-refractivity contribution in [1.29, 1.82) is 0 Å². The number of aromatic nitrogens is 3. The van der Waals surface area contributed by atoms with E-state index in [0.717, 1.165) is 42.2 Å². The van der Waals surface area contributed by atoms with Crippen LogP contribution in [0.5, 0.6) is 0 Å². The Balaban J connectivity index is 1.77. The first-order valence-corrected chi connectivity index (χ1v) is 8.13. The predicted octanol–water partition coefficient (Wildman–Crippen LogP) is 1.63. The number of nitrogens with zero attached hydrogens (tertiary/aromatic N) is 3. The van der Waals surface area contributed by atoms with E-state index >= 15 is 0 Å². The van der Waals surface area contributed by atoms with Crippen LogP contribution < -0.4 is 11.1 Å². The van der Waals surface area contributed by atoms with Gasteiger partial charge in [-0.2, -0.15) is 0 Å². The van der Waals surface area contributed by atoms with Gasteiger partial charge >= 0.3 is 0 Å². The number of hydrogen-bond donors (Lipinski definition) is 2. The Labute approximate surface area is 124 Å². The highest BCUT2D eigenvalue weighted by Crippen LogP contribution is 2.29. The maximum Gasteiger partial charge on any atom is 0.271 e. The summed E-state index contributed by atoms with van der Waals surface area (Å²) in [6.45, 7) is 1.96. The molecule has 0 saturated heterocycles. The SMILES string of the molecule is CCc1nnsc1C(=O)Nc1nc2c(s1)C[C@@H](N)CC2. The molecule has 1 aliphatic rings. The van der Waals surface area contributed by atoms with Crippen LogP contribution in [0.1, 0.15) is 39.3 Å². The Bertz CT molecular complexity index is 636. The number of anilines is 1. The Kier molecular flexibility index (Phi) is 3.77. The average molecular weight is 309 g/mol. The van der Waals surface area contributed by atoms with Gasteiger partial charge in [0.05, 0.1) is 11.4 Å². The Morgan fingerprint density at radius 2 is 2.40 bits per heavy atom. The summed E-state index contributed by atoms with van der Waals surface area (Å²) in [4.78, 5) is 18.4. The van der Waals surface area contributed by atoms with Gasteiger partial charge in [0.2, 0.25) is 0 Å². The van der Waals surface area contributed by atoms with E-state index in [2.05, 4.69) is 19.9 Å². The molecule has 0 bridgehead atoms. The van der Waals surface area contributed by atoms with Gasteiger partial charge in [-0.05, 0) is 37.2 Å². The Hall–Kier alpha value is -1.38. The molecule has 2 heterocycles. The van der Waals surface area contributed by atoms with Gasteiger partial charge in [0.25, 0.3) is 5.91 Å². The van der Waals surface area contributed by atoms with Crippen LogP contribution in [0, 0.1) is 0 Å². The lowest BCUT2D eigenvalue weighted by molar-refractivity contribution is 0.102. The van der Waals surface area contributed by atoms with Gasteiger partial charge in [-0.15, -0.1) is 16.4 Å². The molecule has 0 aromatic carbocycles. The third-order valence-corrected chi connectivity index (χ3v) is 5.10. The minimum absolute atomic E-state index is 0.174. The molecule has 1 aliphatic carbocycles. The van der Waals surface area contributed by atoms with Crippen LogP contribution in [0.15, 0.2) is 0 Å². The predicted molar refractivity (Wildman–Crippen MR) is 79.4 cm³/mol. The second-order valence-corrected chi connectivity index (χ2v) is 6.59. The van der Waals surface area contributed by atoms with Crippen LogP contribution in [-0.4, -0.2) is 26.5 Å². The smallest absolute Gasteiger partial charge is 0.271 e. The molecule has 106 valence electrons. The molecule has 6 nitrogen and oxygen atoms in total. The van der Waals surface area contributed by atoms with E-state index in [4.69, 9.17) is 5.73 Å². The lowest BCUT2D eigenvalue weighted by atomic mass is 9.99. The van der Waals surface area contributed by atoms with Gasteiger partial charge in [-0.3, -0.25) is 10.1 Å². The van der Waals surface area contributed by atoms with Gasteiger partial charge in [0.1, 0.15) is 4.88 Å². The third-order valence-electron chi connectivity index (χ3n) is 3.30. The topological polar surface area (TPSA) is 93.8 Å². The summed E-state index contributed by atoms with van der Waals surface area (Å²) in [6, 6.07) is 0.212. The summed E-state index contributed by atoms with van der Waals surface area (Å²) in [6.07, 6.45) is 3.40. The fraction of sp³-hybridized carbons (Fsp3) is 0.500. The highest BCUT2D eigenvalue weighted by Gasteiger charge is 2.22. The fourth-order valence-electron chi connectivity index (χ4n) is 2.22. The highest BCUT2D eigenvalue weighted by molar-refractivity contribution is 7.16. The molecular weight excluding hydrogens is 294 g/mol. The van der Waals surface area contributed by atoms with Gasteiger partial charge < -0.3 is 5.73 Å². The van der Waals surface area contributed by atoms with Crippen molar-refractivity contribution < 1.29 is 4.79 Å². The summed E-state index contributed by atoms with van der Waals surface area (Å²) in [7, 11) is 0. The molecular formula is C12H15N5OS2. The summed E-state index contributed by atoms with van der Waals surface area (Å²) in [5.74, 6) is -0.174. The van der Waals surface area contributed by atoms with E-state index in [-0.39, 0.29) is 11.9 Å². The number of carbonyl (C=O) groups excluding carboxylic acids is 1. The van der Waals surface area contributed by atoms with Crippen molar-refractivity contribution in [2.45, 2.75) is 38.6 Å². The van der Waals surface area contributed by atoms with E-state index in [1.807, 2.05) is 6.92 Å². The minimum Gasteiger partial charge on any atom is -0.327 e. The van der Waals surface area contributed by atoms with Crippen LogP contribution in [0.25, 0.3) is 0 Å². The quantitative estimate of drug-likeness (QED) is 0.898. The summed E-state index contributed by atoms with van der Waals surface area (Å²) < 4.78 is 3.83. The first kappa shape index (κ1) is 13.6.